The van der Waals surface area contributed by atoms with E-state index in [4.69, 9.17) is 0 Å². The minimum Gasteiger partial charge on any atom is -0.508 e. The number of nitrogens with one attached hydrogen (secondary N) is 2. The van der Waals surface area contributed by atoms with E-state index in [1.165, 1.54) is 23.7 Å². The summed E-state index contributed by atoms with van der Waals surface area (Å²) in [5, 5.41) is 14.6. The molecule has 1 aliphatic carbocycles. The number of rotatable bonds is 8. The number of aromatic hydroxyl groups is 1. The number of phenolic OH excluding ortho intramolecular Hbond substituents is 1. The van der Waals surface area contributed by atoms with Gasteiger partial charge in [0.05, 0.1) is 5.25 Å². The van der Waals surface area contributed by atoms with Crippen LogP contribution >= 0.6 is 11.8 Å². The number of amides is 4. The molecule has 8 nitrogen and oxygen atoms in total. The van der Waals surface area contributed by atoms with Crippen LogP contribution in [-0.2, 0) is 25.6 Å². The molecule has 1 heterocycles. The third kappa shape index (κ3) is 5.82. The van der Waals surface area contributed by atoms with Gasteiger partial charge in [-0.1, -0.05) is 12.1 Å². The summed E-state index contributed by atoms with van der Waals surface area (Å²) in [6, 6.07) is 5.86. The number of thioether (sulfide) groups is 1. The van der Waals surface area contributed by atoms with Gasteiger partial charge in [-0.15, -0.1) is 0 Å². The van der Waals surface area contributed by atoms with Gasteiger partial charge in [-0.2, -0.15) is 11.8 Å². The molecule has 9 heteroatoms. The van der Waals surface area contributed by atoms with E-state index in [9.17, 15) is 24.3 Å². The zero-order valence-electron chi connectivity index (χ0n) is 18.5. The fourth-order valence-electron chi connectivity index (χ4n) is 4.43. The second-order valence-corrected chi connectivity index (χ2v) is 9.58. The van der Waals surface area contributed by atoms with Gasteiger partial charge in [0.2, 0.25) is 23.6 Å². The van der Waals surface area contributed by atoms with Crippen molar-refractivity contribution in [2.24, 2.45) is 11.8 Å². The first-order chi connectivity index (χ1) is 15.3. The number of hydrogen-bond donors (Lipinski definition) is 3. The number of phenols is 1. The maximum atomic E-state index is 12.9. The van der Waals surface area contributed by atoms with Crippen molar-refractivity contribution in [1.29, 1.82) is 0 Å². The van der Waals surface area contributed by atoms with E-state index < -0.39 is 6.04 Å². The highest BCUT2D eigenvalue weighted by atomic mass is 32.2. The molecular weight excluding hydrogens is 430 g/mol. The summed E-state index contributed by atoms with van der Waals surface area (Å²) in [5.41, 5.74) is 0.837. The summed E-state index contributed by atoms with van der Waals surface area (Å²) in [7, 11) is 1.53. The Morgan fingerprint density at radius 3 is 2.38 bits per heavy atom. The van der Waals surface area contributed by atoms with Gasteiger partial charge in [0.25, 0.3) is 0 Å². The maximum Gasteiger partial charge on any atom is 0.242 e. The molecule has 32 heavy (non-hydrogen) atoms. The summed E-state index contributed by atoms with van der Waals surface area (Å²) < 4.78 is 0. The second-order valence-electron chi connectivity index (χ2n) is 8.53. The topological polar surface area (TPSA) is 116 Å². The van der Waals surface area contributed by atoms with Crippen LogP contribution in [-0.4, -0.2) is 64.8 Å². The highest BCUT2D eigenvalue weighted by molar-refractivity contribution is 8.00. The van der Waals surface area contributed by atoms with Gasteiger partial charge in [-0.05, 0) is 55.6 Å². The summed E-state index contributed by atoms with van der Waals surface area (Å²) in [4.78, 5) is 51.1. The standard InChI is InChI=1S/C23H31N3O5S/c1-24-22(30)18(11-14-5-9-17(27)10-6-14)25-21(29)16-7-3-15(4-8-16)13-26-20(28)12-19(32-2)23(26)31/h5-6,9-10,15-16,18-19,27H,3-4,7-8,11-13H2,1-2H3,(H,24,30)(H,25,29). The van der Waals surface area contributed by atoms with Crippen LogP contribution in [0.15, 0.2) is 24.3 Å². The second kappa shape index (κ2) is 10.8. The van der Waals surface area contributed by atoms with Crippen LogP contribution in [0.2, 0.25) is 0 Å². The average Bonchev–Trinajstić information content (AvgIpc) is 3.07. The monoisotopic (exact) mass is 461 g/mol. The van der Waals surface area contributed by atoms with E-state index in [1.807, 2.05) is 6.26 Å². The largest absolute Gasteiger partial charge is 0.508 e. The molecule has 1 aromatic carbocycles. The van der Waals surface area contributed by atoms with E-state index in [1.54, 1.807) is 24.3 Å². The quantitative estimate of drug-likeness (QED) is 0.505. The molecule has 2 fully saturated rings. The van der Waals surface area contributed by atoms with Crippen LogP contribution in [0, 0.1) is 11.8 Å². The maximum absolute atomic E-state index is 12.9. The fourth-order valence-corrected chi connectivity index (χ4v) is 5.07. The Balaban J connectivity index is 1.52. The van der Waals surface area contributed by atoms with Crippen molar-refractivity contribution in [3.63, 3.8) is 0 Å². The lowest BCUT2D eigenvalue weighted by atomic mass is 9.81. The molecule has 2 atom stereocenters. The molecule has 0 aromatic heterocycles. The lowest BCUT2D eigenvalue weighted by Crippen LogP contribution is -2.49. The molecule has 0 radical (unpaired) electrons. The van der Waals surface area contributed by atoms with Crippen LogP contribution in [0.3, 0.4) is 0 Å². The minimum absolute atomic E-state index is 0.0926. The van der Waals surface area contributed by atoms with E-state index in [0.29, 0.717) is 25.8 Å². The molecule has 4 amide bonds. The zero-order chi connectivity index (χ0) is 23.3. The van der Waals surface area contributed by atoms with E-state index in [2.05, 4.69) is 10.6 Å². The van der Waals surface area contributed by atoms with Crippen LogP contribution in [0.1, 0.15) is 37.7 Å². The molecule has 3 N–H and O–H groups in total. The molecule has 1 aromatic rings. The SMILES string of the molecule is CNC(=O)C(Cc1ccc(O)cc1)NC(=O)C1CCC(CN2C(=O)CC(SC)C2=O)CC1. The van der Waals surface area contributed by atoms with Crippen molar-refractivity contribution in [1.82, 2.24) is 15.5 Å². The first kappa shape index (κ1) is 24.1. The summed E-state index contributed by atoms with van der Waals surface area (Å²) >= 11 is 1.42. The van der Waals surface area contributed by atoms with Gasteiger partial charge < -0.3 is 15.7 Å². The van der Waals surface area contributed by atoms with E-state index in [-0.39, 0.29) is 52.9 Å². The predicted octanol–water partition coefficient (Wildman–Crippen LogP) is 1.46. The third-order valence-corrected chi connectivity index (χ3v) is 7.34. The Bertz CT molecular complexity index is 852. The summed E-state index contributed by atoms with van der Waals surface area (Å²) in [6.45, 7) is 0.435. The normalized spacial score (nSPS) is 24.3. The van der Waals surface area contributed by atoms with Crippen molar-refractivity contribution in [2.75, 3.05) is 19.8 Å². The number of imide groups is 1. The van der Waals surface area contributed by atoms with Crippen LogP contribution in [0.25, 0.3) is 0 Å². The van der Waals surface area contributed by atoms with Crippen LogP contribution in [0.5, 0.6) is 5.75 Å². The highest BCUT2D eigenvalue weighted by Crippen LogP contribution is 2.32. The lowest BCUT2D eigenvalue weighted by molar-refractivity contribution is -0.139. The predicted molar refractivity (Wildman–Crippen MR) is 122 cm³/mol. The Labute approximate surface area is 192 Å². The summed E-state index contributed by atoms with van der Waals surface area (Å²) in [5.74, 6) is -0.447. The van der Waals surface area contributed by atoms with Crippen LogP contribution in [0.4, 0.5) is 0 Å². The van der Waals surface area contributed by atoms with Crippen molar-refractivity contribution in [3.05, 3.63) is 29.8 Å². The Morgan fingerprint density at radius 1 is 1.16 bits per heavy atom. The highest BCUT2D eigenvalue weighted by Gasteiger charge is 2.40. The van der Waals surface area contributed by atoms with Gasteiger partial charge in [-0.25, -0.2) is 0 Å². The first-order valence-electron chi connectivity index (χ1n) is 11.0. The Morgan fingerprint density at radius 2 is 1.81 bits per heavy atom. The molecule has 0 bridgehead atoms. The van der Waals surface area contributed by atoms with Gasteiger partial charge in [0.1, 0.15) is 11.8 Å². The molecule has 2 unspecified atom stereocenters. The number of benzene rings is 1. The number of nitrogens with zero attached hydrogens (tertiary/aromatic N) is 1. The van der Waals surface area contributed by atoms with Gasteiger partial charge in [0, 0.05) is 32.4 Å². The molecule has 2 aliphatic rings. The van der Waals surface area contributed by atoms with Gasteiger partial charge in [0.15, 0.2) is 0 Å². The van der Waals surface area contributed by atoms with Crippen molar-refractivity contribution < 1.29 is 24.3 Å². The van der Waals surface area contributed by atoms with Gasteiger partial charge in [-0.3, -0.25) is 24.1 Å². The molecule has 1 aliphatic heterocycles. The molecule has 3 rings (SSSR count). The fraction of sp³-hybridized carbons (Fsp3) is 0.565. The Hall–Kier alpha value is -2.55. The lowest BCUT2D eigenvalue weighted by Gasteiger charge is -2.31. The van der Waals surface area contributed by atoms with E-state index >= 15 is 0 Å². The van der Waals surface area contributed by atoms with Crippen molar-refractivity contribution >= 4 is 35.4 Å². The number of carbonyl (C=O) groups is 4. The number of likely N-dealkylation sites (N-methyl/N-ethyl adjacent to an activating group) is 1. The Kier molecular flexibility index (Phi) is 8.17. The number of hydrogen-bond acceptors (Lipinski definition) is 6. The zero-order valence-corrected chi connectivity index (χ0v) is 19.3. The van der Waals surface area contributed by atoms with Crippen LogP contribution < -0.4 is 10.6 Å². The average molecular weight is 462 g/mol. The molecule has 0 spiro atoms. The minimum atomic E-state index is -0.696. The molecular formula is C23H31N3O5S. The van der Waals surface area contributed by atoms with Crippen molar-refractivity contribution in [2.45, 2.75) is 49.8 Å². The van der Waals surface area contributed by atoms with Crippen molar-refractivity contribution in [3.8, 4) is 5.75 Å². The summed E-state index contributed by atoms with van der Waals surface area (Å²) in [6.07, 6.45) is 5.31. The van der Waals surface area contributed by atoms with Gasteiger partial charge >= 0.3 is 0 Å². The number of carbonyl (C=O) groups excluding carboxylic acids is 4. The molecule has 174 valence electrons. The molecule has 1 saturated carbocycles. The van der Waals surface area contributed by atoms with E-state index in [0.717, 1.165) is 18.4 Å². The number of likely N-dealkylation sites (tertiary alicyclic amines) is 1. The third-order valence-electron chi connectivity index (χ3n) is 6.40. The molecule has 1 saturated heterocycles. The smallest absolute Gasteiger partial charge is 0.242 e. The first-order valence-corrected chi connectivity index (χ1v) is 12.3.